The van der Waals surface area contributed by atoms with Crippen LogP contribution in [0.5, 0.6) is 0 Å². The fourth-order valence-corrected chi connectivity index (χ4v) is 4.59. The number of carbonyl (C=O) groups excluding carboxylic acids is 1. The van der Waals surface area contributed by atoms with Crippen LogP contribution in [0.15, 0.2) is 30.3 Å². The lowest BCUT2D eigenvalue weighted by Crippen LogP contribution is -2.49. The Balaban J connectivity index is 1.29. The maximum atomic E-state index is 12.4. The first kappa shape index (κ1) is 15.2. The maximum absolute atomic E-state index is 12.4. The Labute approximate surface area is 139 Å². The van der Waals surface area contributed by atoms with Gasteiger partial charge in [-0.1, -0.05) is 36.8 Å². The molecule has 2 heterocycles. The summed E-state index contributed by atoms with van der Waals surface area (Å²) in [4.78, 5) is 15.0. The zero-order chi connectivity index (χ0) is 15.6. The van der Waals surface area contributed by atoms with Crippen molar-refractivity contribution in [1.29, 1.82) is 0 Å². The molecule has 0 spiro atoms. The zero-order valence-corrected chi connectivity index (χ0v) is 13.8. The summed E-state index contributed by atoms with van der Waals surface area (Å²) in [5, 5.41) is 0. The molecule has 3 fully saturated rings. The van der Waals surface area contributed by atoms with E-state index in [0.29, 0.717) is 24.5 Å². The van der Waals surface area contributed by atoms with Gasteiger partial charge in [0.05, 0.1) is 12.5 Å². The summed E-state index contributed by atoms with van der Waals surface area (Å²) in [7, 11) is 0. The van der Waals surface area contributed by atoms with Crippen molar-refractivity contribution < 1.29 is 9.53 Å². The minimum atomic E-state index is 0.0341. The van der Waals surface area contributed by atoms with Gasteiger partial charge >= 0.3 is 5.97 Å². The zero-order valence-electron chi connectivity index (χ0n) is 13.8. The predicted octanol–water partition coefficient (Wildman–Crippen LogP) is 3.60. The third kappa shape index (κ3) is 3.30. The third-order valence-electron chi connectivity index (χ3n) is 5.99. The first-order valence-electron chi connectivity index (χ1n) is 9.28. The molecule has 3 heteroatoms. The minimum Gasteiger partial charge on any atom is -0.465 e. The second-order valence-electron chi connectivity index (χ2n) is 7.49. The van der Waals surface area contributed by atoms with E-state index in [9.17, 15) is 4.79 Å². The van der Waals surface area contributed by atoms with E-state index in [2.05, 4.69) is 29.2 Å². The Bertz CT molecular complexity index is 542. The van der Waals surface area contributed by atoms with Gasteiger partial charge in [0.2, 0.25) is 0 Å². The molecule has 0 radical (unpaired) electrons. The smallest absolute Gasteiger partial charge is 0.309 e. The van der Waals surface area contributed by atoms with Crippen molar-refractivity contribution >= 4 is 5.97 Å². The Morgan fingerprint density at radius 2 is 1.91 bits per heavy atom. The molecule has 0 N–H and O–H groups in total. The van der Waals surface area contributed by atoms with Gasteiger partial charge in [-0.3, -0.25) is 9.69 Å². The Morgan fingerprint density at radius 3 is 2.78 bits per heavy atom. The minimum absolute atomic E-state index is 0.0341. The third-order valence-corrected chi connectivity index (χ3v) is 5.99. The summed E-state index contributed by atoms with van der Waals surface area (Å²) in [6.07, 6.45) is 7.41. The second-order valence-corrected chi connectivity index (χ2v) is 7.49. The van der Waals surface area contributed by atoms with Crippen LogP contribution in [0.25, 0.3) is 0 Å². The molecule has 124 valence electrons. The fraction of sp³-hybridized carbons (Fsp3) is 0.650. The van der Waals surface area contributed by atoms with E-state index < -0.39 is 0 Å². The molecule has 4 atom stereocenters. The second kappa shape index (κ2) is 6.64. The molecule has 3 nitrogen and oxygen atoms in total. The van der Waals surface area contributed by atoms with E-state index in [1.807, 2.05) is 6.07 Å². The molecule has 0 unspecified atom stereocenters. The van der Waals surface area contributed by atoms with Gasteiger partial charge in [0.25, 0.3) is 0 Å². The Hall–Kier alpha value is -1.35. The molecule has 1 aliphatic carbocycles. The van der Waals surface area contributed by atoms with Crippen molar-refractivity contribution in [2.75, 3.05) is 19.7 Å². The van der Waals surface area contributed by atoms with E-state index in [0.717, 1.165) is 6.42 Å². The molecule has 3 aliphatic rings. The fourth-order valence-electron chi connectivity index (χ4n) is 4.59. The summed E-state index contributed by atoms with van der Waals surface area (Å²) in [6.45, 7) is 3.12. The summed E-state index contributed by atoms with van der Waals surface area (Å²) >= 11 is 0. The lowest BCUT2D eigenvalue weighted by atomic mass is 9.84. The van der Waals surface area contributed by atoms with Gasteiger partial charge in [-0.15, -0.1) is 0 Å². The molecule has 2 aliphatic heterocycles. The van der Waals surface area contributed by atoms with Crippen LogP contribution in [0.3, 0.4) is 0 Å². The van der Waals surface area contributed by atoms with E-state index >= 15 is 0 Å². The van der Waals surface area contributed by atoms with Gasteiger partial charge in [-0.2, -0.15) is 0 Å². The maximum Gasteiger partial charge on any atom is 0.309 e. The highest BCUT2D eigenvalue weighted by atomic mass is 16.5. The number of esters is 1. The Kier molecular flexibility index (Phi) is 4.39. The summed E-state index contributed by atoms with van der Waals surface area (Å²) < 4.78 is 5.74. The largest absolute Gasteiger partial charge is 0.465 e. The van der Waals surface area contributed by atoms with Gasteiger partial charge in [0.1, 0.15) is 0 Å². The van der Waals surface area contributed by atoms with Crippen molar-refractivity contribution in [3.05, 3.63) is 35.9 Å². The van der Waals surface area contributed by atoms with Crippen LogP contribution in [-0.4, -0.2) is 36.6 Å². The predicted molar refractivity (Wildman–Crippen MR) is 90.2 cm³/mol. The highest BCUT2D eigenvalue weighted by molar-refractivity contribution is 5.77. The molecule has 0 amide bonds. The van der Waals surface area contributed by atoms with E-state index in [1.54, 1.807) is 0 Å². The number of ether oxygens (including phenoxy) is 1. The van der Waals surface area contributed by atoms with E-state index in [-0.39, 0.29) is 11.9 Å². The van der Waals surface area contributed by atoms with Gasteiger partial charge < -0.3 is 4.74 Å². The first-order chi connectivity index (χ1) is 11.3. The molecule has 0 aromatic heterocycles. The molecule has 1 saturated carbocycles. The summed E-state index contributed by atoms with van der Waals surface area (Å²) in [6, 6.07) is 11.0. The van der Waals surface area contributed by atoms with E-state index in [1.165, 1.54) is 50.8 Å². The van der Waals surface area contributed by atoms with Crippen molar-refractivity contribution in [2.45, 2.75) is 50.5 Å². The SMILES string of the molecule is O=C(OC[C@@H]1CCCN2CCCC[C@H]12)[C@@H]1C[C@@H]1c1ccccc1. The average molecular weight is 313 g/mol. The molecular formula is C20H27NO2. The standard InChI is InChI=1S/C20H27NO2/c22-20(18-13-17(18)15-7-2-1-3-8-15)23-14-16-9-6-12-21-11-5-4-10-19(16)21/h1-3,7-8,16-19H,4-6,9-14H2/t16-,17+,18+,19+/m0/s1. The number of benzene rings is 1. The monoisotopic (exact) mass is 313 g/mol. The number of piperidine rings is 2. The molecule has 2 saturated heterocycles. The van der Waals surface area contributed by atoms with Crippen molar-refractivity contribution in [1.82, 2.24) is 4.90 Å². The number of nitrogens with zero attached hydrogens (tertiary/aromatic N) is 1. The van der Waals surface area contributed by atoms with Crippen molar-refractivity contribution in [3.63, 3.8) is 0 Å². The topological polar surface area (TPSA) is 29.5 Å². The van der Waals surface area contributed by atoms with Crippen LogP contribution in [-0.2, 0) is 9.53 Å². The normalized spacial score (nSPS) is 33.7. The molecule has 1 aromatic rings. The lowest BCUT2D eigenvalue weighted by molar-refractivity contribution is -0.148. The Morgan fingerprint density at radius 1 is 1.09 bits per heavy atom. The highest BCUT2D eigenvalue weighted by Crippen LogP contribution is 2.48. The number of carbonyl (C=O) groups is 1. The van der Waals surface area contributed by atoms with Crippen LogP contribution < -0.4 is 0 Å². The molecular weight excluding hydrogens is 286 g/mol. The van der Waals surface area contributed by atoms with E-state index in [4.69, 9.17) is 4.74 Å². The van der Waals surface area contributed by atoms with Gasteiger partial charge in [-0.25, -0.2) is 0 Å². The van der Waals surface area contributed by atoms with Gasteiger partial charge in [-0.05, 0) is 56.7 Å². The average Bonchev–Trinajstić information content (AvgIpc) is 3.41. The van der Waals surface area contributed by atoms with Gasteiger partial charge in [0, 0.05) is 12.0 Å². The molecule has 4 rings (SSSR count). The van der Waals surface area contributed by atoms with Gasteiger partial charge in [0.15, 0.2) is 0 Å². The first-order valence-corrected chi connectivity index (χ1v) is 9.28. The van der Waals surface area contributed by atoms with Crippen LogP contribution in [0, 0.1) is 11.8 Å². The van der Waals surface area contributed by atoms with Crippen molar-refractivity contribution in [2.24, 2.45) is 11.8 Å². The molecule has 0 bridgehead atoms. The quantitative estimate of drug-likeness (QED) is 0.796. The van der Waals surface area contributed by atoms with Crippen LogP contribution >= 0.6 is 0 Å². The summed E-state index contributed by atoms with van der Waals surface area (Å²) in [5.41, 5.74) is 1.28. The summed E-state index contributed by atoms with van der Waals surface area (Å²) in [5.74, 6) is 1.08. The van der Waals surface area contributed by atoms with Crippen LogP contribution in [0.1, 0.15) is 50.0 Å². The van der Waals surface area contributed by atoms with Crippen LogP contribution in [0.4, 0.5) is 0 Å². The molecule has 1 aromatic carbocycles. The number of hydrogen-bond donors (Lipinski definition) is 0. The number of fused-ring (bicyclic) bond motifs is 1. The number of hydrogen-bond acceptors (Lipinski definition) is 3. The number of rotatable bonds is 4. The molecule has 23 heavy (non-hydrogen) atoms. The highest BCUT2D eigenvalue weighted by Gasteiger charge is 2.45. The van der Waals surface area contributed by atoms with Crippen LogP contribution in [0.2, 0.25) is 0 Å². The van der Waals surface area contributed by atoms with Crippen molar-refractivity contribution in [3.8, 4) is 0 Å². The lowest BCUT2D eigenvalue weighted by Gasteiger charge is -2.44.